The number of nitro groups is 1. The van der Waals surface area contributed by atoms with Gasteiger partial charge >= 0.3 is 5.69 Å². The lowest BCUT2D eigenvalue weighted by molar-refractivity contribution is -0.384. The van der Waals surface area contributed by atoms with E-state index in [9.17, 15) is 14.9 Å². The van der Waals surface area contributed by atoms with Crippen molar-refractivity contribution in [1.82, 2.24) is 20.4 Å². The molecule has 1 aromatic rings. The van der Waals surface area contributed by atoms with Crippen LogP contribution in [-0.4, -0.2) is 46.3 Å². The minimum atomic E-state index is -0.547. The second-order valence-corrected chi connectivity index (χ2v) is 5.31. The van der Waals surface area contributed by atoms with E-state index in [0.29, 0.717) is 25.2 Å². The first-order chi connectivity index (χ1) is 10.9. The number of carbonyl (C=O) groups excluding carboxylic acids is 1. The fraction of sp³-hybridized carbons (Fsp3) is 0.714. The molecule has 1 rings (SSSR count). The zero-order valence-corrected chi connectivity index (χ0v) is 14.2. The number of carbonyl (C=O) groups is 1. The maximum absolute atomic E-state index is 12.2. The minimum Gasteiger partial charge on any atom is -0.353 e. The third-order valence-electron chi connectivity index (χ3n) is 3.44. The van der Waals surface area contributed by atoms with Crippen LogP contribution in [0.15, 0.2) is 0 Å². The number of hydrogen-bond acceptors (Lipinski definition) is 6. The maximum atomic E-state index is 12.2. The van der Waals surface area contributed by atoms with E-state index in [2.05, 4.69) is 28.0 Å². The predicted octanol–water partition coefficient (Wildman–Crippen LogP) is 0.943. The fourth-order valence-electron chi connectivity index (χ4n) is 2.24. The normalized spacial score (nSPS) is 12.0. The van der Waals surface area contributed by atoms with Crippen molar-refractivity contribution in [2.24, 2.45) is 7.05 Å². The fourth-order valence-corrected chi connectivity index (χ4v) is 2.24. The summed E-state index contributed by atoms with van der Waals surface area (Å²) in [5.41, 5.74) is 0.224. The Hall–Kier alpha value is -2.16. The Labute approximate surface area is 136 Å². The van der Waals surface area contributed by atoms with Gasteiger partial charge in [-0.05, 0) is 26.3 Å². The summed E-state index contributed by atoms with van der Waals surface area (Å²) < 4.78 is 1.40. The molecule has 0 bridgehead atoms. The van der Waals surface area contributed by atoms with Gasteiger partial charge in [-0.25, -0.2) is 4.68 Å². The summed E-state index contributed by atoms with van der Waals surface area (Å²) in [6.45, 7) is 7.62. The highest BCUT2D eigenvalue weighted by Gasteiger charge is 2.27. The molecule has 0 aliphatic rings. The monoisotopic (exact) mass is 326 g/mol. The topological polar surface area (TPSA) is 114 Å². The van der Waals surface area contributed by atoms with Crippen LogP contribution in [0.25, 0.3) is 0 Å². The van der Waals surface area contributed by atoms with E-state index < -0.39 is 11.0 Å². The number of rotatable bonds is 10. The van der Waals surface area contributed by atoms with E-state index in [1.807, 2.05) is 6.92 Å². The molecule has 23 heavy (non-hydrogen) atoms. The molecule has 0 aliphatic heterocycles. The summed E-state index contributed by atoms with van der Waals surface area (Å²) in [7, 11) is 1.61. The van der Waals surface area contributed by atoms with Crippen molar-refractivity contribution < 1.29 is 9.72 Å². The molecule has 0 saturated heterocycles. The van der Waals surface area contributed by atoms with Crippen molar-refractivity contribution in [3.8, 4) is 0 Å². The van der Waals surface area contributed by atoms with Gasteiger partial charge in [-0.3, -0.25) is 14.9 Å². The first-order valence-electron chi connectivity index (χ1n) is 7.85. The number of anilines is 1. The van der Waals surface area contributed by atoms with Crippen LogP contribution < -0.4 is 16.0 Å². The van der Waals surface area contributed by atoms with Gasteiger partial charge < -0.3 is 16.0 Å². The molecule has 0 radical (unpaired) electrons. The molecule has 0 fully saturated rings. The Balaban J connectivity index is 2.69. The SMILES string of the molecule is CCCNCCNC(=O)C(CC)Nc1c([N+](=O)[O-])c(C)nn1C. The van der Waals surface area contributed by atoms with Gasteiger partial charge in [-0.2, -0.15) is 5.10 Å². The standard InChI is InChI=1S/C14H26N6O3/c1-5-7-15-8-9-16-14(21)11(6-2)17-13-12(20(22)23)10(3)18-19(13)4/h11,15,17H,5-9H2,1-4H3,(H,16,21). The second kappa shape index (κ2) is 9.09. The highest BCUT2D eigenvalue weighted by atomic mass is 16.6. The van der Waals surface area contributed by atoms with E-state index in [1.165, 1.54) is 4.68 Å². The first kappa shape index (κ1) is 18.9. The van der Waals surface area contributed by atoms with E-state index in [4.69, 9.17) is 0 Å². The van der Waals surface area contributed by atoms with Gasteiger partial charge in [0.25, 0.3) is 0 Å². The lowest BCUT2D eigenvalue weighted by Gasteiger charge is -2.17. The van der Waals surface area contributed by atoms with Crippen LogP contribution in [0, 0.1) is 17.0 Å². The molecule has 0 aliphatic carbocycles. The molecule has 1 heterocycles. The smallest absolute Gasteiger partial charge is 0.333 e. The zero-order valence-electron chi connectivity index (χ0n) is 14.2. The third kappa shape index (κ3) is 5.20. The number of nitrogens with zero attached hydrogens (tertiary/aromatic N) is 3. The Morgan fingerprint density at radius 2 is 2.04 bits per heavy atom. The molecule has 0 aromatic carbocycles. The number of nitrogens with one attached hydrogen (secondary N) is 3. The molecule has 1 aromatic heterocycles. The average Bonchev–Trinajstić information content (AvgIpc) is 2.78. The molecule has 1 atom stereocenters. The third-order valence-corrected chi connectivity index (χ3v) is 3.44. The van der Waals surface area contributed by atoms with Crippen LogP contribution >= 0.6 is 0 Å². The summed E-state index contributed by atoms with van der Waals surface area (Å²) in [5.74, 6) is 0.0672. The van der Waals surface area contributed by atoms with Crippen LogP contribution in [0.1, 0.15) is 32.4 Å². The molecule has 3 N–H and O–H groups in total. The van der Waals surface area contributed by atoms with E-state index in [1.54, 1.807) is 14.0 Å². The Morgan fingerprint density at radius 1 is 1.35 bits per heavy atom. The number of hydrogen-bond donors (Lipinski definition) is 3. The molecular formula is C14H26N6O3. The summed E-state index contributed by atoms with van der Waals surface area (Å²) >= 11 is 0. The molecule has 1 unspecified atom stereocenters. The second-order valence-electron chi connectivity index (χ2n) is 5.31. The zero-order chi connectivity index (χ0) is 17.4. The Morgan fingerprint density at radius 3 is 2.61 bits per heavy atom. The first-order valence-corrected chi connectivity index (χ1v) is 7.85. The number of amides is 1. The van der Waals surface area contributed by atoms with Crippen LogP contribution in [0.5, 0.6) is 0 Å². The van der Waals surface area contributed by atoms with Crippen LogP contribution in [-0.2, 0) is 11.8 Å². The van der Waals surface area contributed by atoms with E-state index >= 15 is 0 Å². The van der Waals surface area contributed by atoms with Gasteiger partial charge in [0.05, 0.1) is 4.92 Å². The van der Waals surface area contributed by atoms with E-state index in [-0.39, 0.29) is 17.4 Å². The molecule has 1 amide bonds. The van der Waals surface area contributed by atoms with Crippen molar-refractivity contribution in [2.75, 3.05) is 25.0 Å². The van der Waals surface area contributed by atoms with Crippen LogP contribution in [0.4, 0.5) is 11.5 Å². The molecule has 130 valence electrons. The summed E-state index contributed by atoms with van der Waals surface area (Å²) in [6.07, 6.45) is 1.55. The molecule has 0 saturated carbocycles. The van der Waals surface area contributed by atoms with Gasteiger partial charge in [0.15, 0.2) is 0 Å². The predicted molar refractivity (Wildman–Crippen MR) is 88.5 cm³/mol. The largest absolute Gasteiger partial charge is 0.353 e. The number of aryl methyl sites for hydroxylation is 2. The molecule has 9 heteroatoms. The van der Waals surface area contributed by atoms with Gasteiger partial charge in [-0.1, -0.05) is 13.8 Å². The summed E-state index contributed by atoms with van der Waals surface area (Å²) in [5, 5.41) is 24.2. The Bertz CT molecular complexity index is 543. The van der Waals surface area contributed by atoms with Gasteiger partial charge in [0.2, 0.25) is 11.7 Å². The maximum Gasteiger partial charge on any atom is 0.333 e. The minimum absolute atomic E-state index is 0.0941. The molecule has 9 nitrogen and oxygen atoms in total. The lowest BCUT2D eigenvalue weighted by Crippen LogP contribution is -2.42. The van der Waals surface area contributed by atoms with Crippen molar-refractivity contribution in [2.45, 2.75) is 39.7 Å². The summed E-state index contributed by atoms with van der Waals surface area (Å²) in [6, 6.07) is -0.547. The number of aromatic nitrogens is 2. The molecule has 0 spiro atoms. The van der Waals surface area contributed by atoms with Crippen molar-refractivity contribution >= 4 is 17.4 Å². The summed E-state index contributed by atoms with van der Waals surface area (Å²) in [4.78, 5) is 22.9. The van der Waals surface area contributed by atoms with Crippen LogP contribution in [0.3, 0.4) is 0 Å². The van der Waals surface area contributed by atoms with E-state index in [0.717, 1.165) is 13.0 Å². The highest BCUT2D eigenvalue weighted by Crippen LogP contribution is 2.28. The lowest BCUT2D eigenvalue weighted by atomic mass is 10.2. The van der Waals surface area contributed by atoms with Gasteiger partial charge in [-0.15, -0.1) is 0 Å². The van der Waals surface area contributed by atoms with Crippen molar-refractivity contribution in [3.63, 3.8) is 0 Å². The van der Waals surface area contributed by atoms with Gasteiger partial charge in [0.1, 0.15) is 11.7 Å². The van der Waals surface area contributed by atoms with Crippen molar-refractivity contribution in [1.29, 1.82) is 0 Å². The molecular weight excluding hydrogens is 300 g/mol. The van der Waals surface area contributed by atoms with Crippen molar-refractivity contribution in [3.05, 3.63) is 15.8 Å². The van der Waals surface area contributed by atoms with Crippen LogP contribution in [0.2, 0.25) is 0 Å². The quantitative estimate of drug-likeness (QED) is 0.335. The van der Waals surface area contributed by atoms with Gasteiger partial charge in [0, 0.05) is 20.1 Å². The highest BCUT2D eigenvalue weighted by molar-refractivity contribution is 5.85. The average molecular weight is 326 g/mol. The Kier molecular flexibility index (Phi) is 7.46.